The zero-order chi connectivity index (χ0) is 15.7. The fourth-order valence-corrected chi connectivity index (χ4v) is 3.39. The van der Waals surface area contributed by atoms with Gasteiger partial charge in [0, 0.05) is 37.8 Å². The molecule has 1 N–H and O–H groups in total. The number of nitrogens with zero attached hydrogens (tertiary/aromatic N) is 1. The van der Waals surface area contributed by atoms with Crippen molar-refractivity contribution in [1.29, 1.82) is 0 Å². The predicted octanol–water partition coefficient (Wildman–Crippen LogP) is 3.68. The molecule has 2 unspecified atom stereocenters. The predicted molar refractivity (Wildman–Crippen MR) is 91.9 cm³/mol. The highest BCUT2D eigenvalue weighted by Crippen LogP contribution is 2.28. The second-order valence-electron chi connectivity index (χ2n) is 6.72. The average molecular weight is 299 g/mol. The van der Waals surface area contributed by atoms with Gasteiger partial charge in [0.05, 0.1) is 6.61 Å². The van der Waals surface area contributed by atoms with Gasteiger partial charge in [-0.2, -0.15) is 0 Å². The first-order valence-electron chi connectivity index (χ1n) is 9.19. The van der Waals surface area contributed by atoms with Gasteiger partial charge >= 0.3 is 0 Å². The van der Waals surface area contributed by atoms with Crippen molar-refractivity contribution < 1.29 is 4.74 Å². The van der Waals surface area contributed by atoms with Gasteiger partial charge in [0.25, 0.3) is 0 Å². The molecule has 0 aromatic heterocycles. The van der Waals surface area contributed by atoms with E-state index in [9.17, 15) is 0 Å². The van der Waals surface area contributed by atoms with Crippen LogP contribution in [0.1, 0.15) is 66.7 Å². The maximum Gasteiger partial charge on any atom is 0.0593 e. The third kappa shape index (κ3) is 5.22. The number of hydrogen-bond acceptors (Lipinski definition) is 3. The minimum atomic E-state index is 0.331. The van der Waals surface area contributed by atoms with E-state index in [1.165, 1.54) is 38.6 Å². The van der Waals surface area contributed by atoms with Crippen LogP contribution in [-0.2, 0) is 4.74 Å². The molecule has 0 bridgehead atoms. The zero-order valence-electron chi connectivity index (χ0n) is 15.1. The number of piperazine rings is 1. The summed E-state index contributed by atoms with van der Waals surface area (Å²) < 4.78 is 5.82. The van der Waals surface area contributed by atoms with Crippen LogP contribution in [0, 0.1) is 5.92 Å². The Bertz CT molecular complexity index is 266. The first-order valence-corrected chi connectivity index (χ1v) is 9.19. The largest absolute Gasteiger partial charge is 0.380 e. The number of ether oxygens (including phenoxy) is 1. The first kappa shape index (κ1) is 18.9. The lowest BCUT2D eigenvalue weighted by Gasteiger charge is -2.51. The van der Waals surface area contributed by atoms with Crippen LogP contribution in [0.15, 0.2) is 0 Å². The molecule has 0 aromatic rings. The van der Waals surface area contributed by atoms with Crippen LogP contribution < -0.4 is 5.32 Å². The van der Waals surface area contributed by atoms with Crippen molar-refractivity contribution in [2.24, 2.45) is 5.92 Å². The van der Waals surface area contributed by atoms with Crippen LogP contribution in [-0.4, -0.2) is 49.3 Å². The highest BCUT2D eigenvalue weighted by Gasteiger charge is 2.39. The van der Waals surface area contributed by atoms with Crippen LogP contribution >= 0.6 is 0 Å². The molecule has 1 aliphatic heterocycles. The summed E-state index contributed by atoms with van der Waals surface area (Å²) in [5, 5.41) is 3.82. The monoisotopic (exact) mass is 298 g/mol. The smallest absolute Gasteiger partial charge is 0.0593 e. The van der Waals surface area contributed by atoms with Crippen molar-refractivity contribution in [3.05, 3.63) is 0 Å². The van der Waals surface area contributed by atoms with Gasteiger partial charge < -0.3 is 10.1 Å². The van der Waals surface area contributed by atoms with Crippen LogP contribution in [0.4, 0.5) is 0 Å². The van der Waals surface area contributed by atoms with Crippen LogP contribution in [0.5, 0.6) is 0 Å². The van der Waals surface area contributed by atoms with Crippen molar-refractivity contribution in [1.82, 2.24) is 10.2 Å². The Morgan fingerprint density at radius 1 is 1.19 bits per heavy atom. The van der Waals surface area contributed by atoms with E-state index in [0.717, 1.165) is 32.2 Å². The van der Waals surface area contributed by atoms with Crippen LogP contribution in [0.2, 0.25) is 0 Å². The molecular weight excluding hydrogens is 260 g/mol. The van der Waals surface area contributed by atoms with Gasteiger partial charge in [0.15, 0.2) is 0 Å². The van der Waals surface area contributed by atoms with Crippen LogP contribution in [0.3, 0.4) is 0 Å². The molecule has 0 spiro atoms. The van der Waals surface area contributed by atoms with E-state index in [-0.39, 0.29) is 0 Å². The van der Waals surface area contributed by atoms with Gasteiger partial charge in [-0.05, 0) is 25.2 Å². The summed E-state index contributed by atoms with van der Waals surface area (Å²) >= 11 is 0. The van der Waals surface area contributed by atoms with E-state index in [2.05, 4.69) is 44.8 Å². The highest BCUT2D eigenvalue weighted by molar-refractivity contribution is 4.98. The standard InChI is InChI=1S/C18H38N2O/c1-6-10-12-21-13-11-20-14-17(16(5)7-2)19-15-18(20,8-3)9-4/h16-17,19H,6-15H2,1-5H3. The Morgan fingerprint density at radius 3 is 2.48 bits per heavy atom. The first-order chi connectivity index (χ1) is 10.1. The minimum Gasteiger partial charge on any atom is -0.380 e. The summed E-state index contributed by atoms with van der Waals surface area (Å²) in [5.74, 6) is 0.750. The Morgan fingerprint density at radius 2 is 1.90 bits per heavy atom. The molecule has 3 heteroatoms. The summed E-state index contributed by atoms with van der Waals surface area (Å²) in [6, 6.07) is 0.636. The fraction of sp³-hybridized carbons (Fsp3) is 1.00. The van der Waals surface area contributed by atoms with E-state index in [1.54, 1.807) is 0 Å². The lowest BCUT2D eigenvalue weighted by molar-refractivity contribution is -0.00368. The van der Waals surface area contributed by atoms with E-state index >= 15 is 0 Å². The van der Waals surface area contributed by atoms with E-state index in [4.69, 9.17) is 4.74 Å². The number of unbranched alkanes of at least 4 members (excludes halogenated alkanes) is 1. The molecule has 3 nitrogen and oxygen atoms in total. The van der Waals surface area contributed by atoms with Gasteiger partial charge in [-0.1, -0.05) is 47.5 Å². The van der Waals surface area contributed by atoms with Gasteiger partial charge in [0.2, 0.25) is 0 Å². The molecule has 1 fully saturated rings. The van der Waals surface area contributed by atoms with Gasteiger partial charge in [-0.3, -0.25) is 4.90 Å². The second kappa shape index (κ2) is 9.81. The van der Waals surface area contributed by atoms with Crippen LogP contribution in [0.25, 0.3) is 0 Å². The molecule has 1 aliphatic rings. The Hall–Kier alpha value is -0.120. The average Bonchev–Trinajstić information content (AvgIpc) is 2.53. The summed E-state index contributed by atoms with van der Waals surface area (Å²) in [4.78, 5) is 2.71. The molecule has 21 heavy (non-hydrogen) atoms. The third-order valence-corrected chi connectivity index (χ3v) is 5.58. The SMILES string of the molecule is CCCCOCCN1CC(C(C)CC)NCC1(CC)CC. The van der Waals surface area contributed by atoms with Crippen molar-refractivity contribution in [2.45, 2.75) is 78.3 Å². The zero-order valence-corrected chi connectivity index (χ0v) is 15.1. The van der Waals surface area contributed by atoms with Crippen molar-refractivity contribution in [3.8, 4) is 0 Å². The number of nitrogens with one attached hydrogen (secondary N) is 1. The van der Waals surface area contributed by atoms with E-state index in [0.29, 0.717) is 11.6 Å². The summed E-state index contributed by atoms with van der Waals surface area (Å²) in [5.41, 5.74) is 0.331. The summed E-state index contributed by atoms with van der Waals surface area (Å²) in [6.07, 6.45) is 6.10. The molecular formula is C18H38N2O. The Labute approximate surface area is 132 Å². The van der Waals surface area contributed by atoms with Crippen molar-refractivity contribution in [3.63, 3.8) is 0 Å². The summed E-state index contributed by atoms with van der Waals surface area (Å²) in [6.45, 7) is 16.7. The lowest BCUT2D eigenvalue weighted by Crippen LogP contribution is -2.65. The molecule has 126 valence electrons. The normalized spacial score (nSPS) is 24.1. The maximum atomic E-state index is 5.82. The molecule has 1 heterocycles. The number of rotatable bonds is 10. The molecule has 1 rings (SSSR count). The van der Waals surface area contributed by atoms with Gasteiger partial charge in [-0.25, -0.2) is 0 Å². The maximum absolute atomic E-state index is 5.82. The highest BCUT2D eigenvalue weighted by atomic mass is 16.5. The van der Waals surface area contributed by atoms with Gasteiger partial charge in [-0.15, -0.1) is 0 Å². The van der Waals surface area contributed by atoms with Crippen molar-refractivity contribution >= 4 is 0 Å². The molecule has 1 saturated heterocycles. The molecule has 0 aromatic carbocycles. The fourth-order valence-electron chi connectivity index (χ4n) is 3.39. The quantitative estimate of drug-likeness (QED) is 0.623. The molecule has 2 atom stereocenters. The molecule has 0 aliphatic carbocycles. The number of hydrogen-bond donors (Lipinski definition) is 1. The molecule has 0 amide bonds. The van der Waals surface area contributed by atoms with E-state index in [1.807, 2.05) is 0 Å². The summed E-state index contributed by atoms with van der Waals surface area (Å²) in [7, 11) is 0. The van der Waals surface area contributed by atoms with E-state index < -0.39 is 0 Å². The van der Waals surface area contributed by atoms with Crippen molar-refractivity contribution in [2.75, 3.05) is 32.8 Å². The Balaban J connectivity index is 2.56. The minimum absolute atomic E-state index is 0.331. The third-order valence-electron chi connectivity index (χ3n) is 5.58. The Kier molecular flexibility index (Phi) is 8.84. The molecule has 0 saturated carbocycles. The topological polar surface area (TPSA) is 24.5 Å². The molecule has 0 radical (unpaired) electrons. The van der Waals surface area contributed by atoms with Gasteiger partial charge in [0.1, 0.15) is 0 Å². The lowest BCUT2D eigenvalue weighted by atomic mass is 9.84. The second-order valence-corrected chi connectivity index (χ2v) is 6.72.